The first kappa shape index (κ1) is 23.3. The molecule has 1 aromatic heterocycles. The SMILES string of the molecule is CCN(c1ccccc1)S(=O)(=O)c1ccc(Cl)c(NC(=O)COC(=O)c2cnn(C)c2)c1. The summed E-state index contributed by atoms with van der Waals surface area (Å²) in [6.45, 7) is 1.35. The van der Waals surface area contributed by atoms with Gasteiger partial charge in [-0.15, -0.1) is 0 Å². The molecule has 1 heterocycles. The first-order valence-electron chi connectivity index (χ1n) is 9.55. The third-order valence-electron chi connectivity index (χ3n) is 4.41. The van der Waals surface area contributed by atoms with Gasteiger partial charge in [-0.2, -0.15) is 5.10 Å². The van der Waals surface area contributed by atoms with Crippen molar-refractivity contribution < 1.29 is 22.7 Å². The molecule has 3 rings (SSSR count). The van der Waals surface area contributed by atoms with Crippen molar-refractivity contribution in [2.75, 3.05) is 22.8 Å². The van der Waals surface area contributed by atoms with Crippen LogP contribution >= 0.6 is 11.6 Å². The Hall–Kier alpha value is -3.37. The van der Waals surface area contributed by atoms with E-state index in [-0.39, 0.29) is 27.7 Å². The van der Waals surface area contributed by atoms with Crippen LogP contribution in [0.3, 0.4) is 0 Å². The lowest BCUT2D eigenvalue weighted by atomic mass is 10.3. The van der Waals surface area contributed by atoms with Gasteiger partial charge in [0.1, 0.15) is 0 Å². The molecule has 0 aliphatic heterocycles. The summed E-state index contributed by atoms with van der Waals surface area (Å²) >= 11 is 6.14. The van der Waals surface area contributed by atoms with Crippen LogP contribution in [0.2, 0.25) is 5.02 Å². The molecule has 0 unspecified atom stereocenters. The van der Waals surface area contributed by atoms with Crippen LogP contribution in [0, 0.1) is 0 Å². The highest BCUT2D eigenvalue weighted by molar-refractivity contribution is 7.92. The Morgan fingerprint density at radius 1 is 1.19 bits per heavy atom. The van der Waals surface area contributed by atoms with Gasteiger partial charge in [0.05, 0.1) is 33.1 Å². The number of halogens is 1. The molecule has 0 atom stereocenters. The summed E-state index contributed by atoms with van der Waals surface area (Å²) < 4.78 is 34.0. The molecule has 0 saturated heterocycles. The fourth-order valence-corrected chi connectivity index (χ4v) is 4.57. The topological polar surface area (TPSA) is 111 Å². The summed E-state index contributed by atoms with van der Waals surface area (Å²) in [5, 5.41) is 6.47. The number of rotatable bonds is 8. The number of aryl methyl sites for hydroxylation is 1. The van der Waals surface area contributed by atoms with Crippen LogP contribution in [0.1, 0.15) is 17.3 Å². The minimum atomic E-state index is -3.91. The van der Waals surface area contributed by atoms with Gasteiger partial charge in [-0.25, -0.2) is 13.2 Å². The first-order chi connectivity index (χ1) is 15.2. The second kappa shape index (κ2) is 9.84. The number of carbonyl (C=O) groups excluding carboxylic acids is 2. The molecular weight excluding hydrogens is 456 g/mol. The van der Waals surface area contributed by atoms with E-state index in [2.05, 4.69) is 10.4 Å². The second-order valence-corrected chi connectivity index (χ2v) is 8.94. The average Bonchev–Trinajstić information content (AvgIpc) is 3.21. The normalized spacial score (nSPS) is 11.1. The minimum Gasteiger partial charge on any atom is -0.452 e. The number of carbonyl (C=O) groups is 2. The molecule has 1 amide bonds. The number of amides is 1. The summed E-state index contributed by atoms with van der Waals surface area (Å²) in [5.74, 6) is -1.38. The van der Waals surface area contributed by atoms with Crippen LogP contribution in [-0.2, 0) is 26.6 Å². The van der Waals surface area contributed by atoms with Gasteiger partial charge in [0.25, 0.3) is 15.9 Å². The fourth-order valence-electron chi connectivity index (χ4n) is 2.90. The largest absolute Gasteiger partial charge is 0.452 e. The van der Waals surface area contributed by atoms with Crippen LogP contribution in [0.5, 0.6) is 0 Å². The minimum absolute atomic E-state index is 0.0461. The molecule has 3 aromatic rings. The third kappa shape index (κ3) is 5.27. The van der Waals surface area contributed by atoms with Crippen molar-refractivity contribution in [3.8, 4) is 0 Å². The molecule has 11 heteroatoms. The van der Waals surface area contributed by atoms with Gasteiger partial charge in [0.2, 0.25) is 0 Å². The number of para-hydroxylation sites is 1. The number of ether oxygens (including phenoxy) is 1. The van der Waals surface area contributed by atoms with E-state index in [0.717, 1.165) is 0 Å². The summed E-state index contributed by atoms with van der Waals surface area (Å²) in [5.41, 5.74) is 0.795. The zero-order valence-corrected chi connectivity index (χ0v) is 18.9. The van der Waals surface area contributed by atoms with E-state index in [1.807, 2.05) is 0 Å². The summed E-state index contributed by atoms with van der Waals surface area (Å²) in [6.07, 6.45) is 2.77. The molecule has 0 aliphatic rings. The monoisotopic (exact) mass is 476 g/mol. The van der Waals surface area contributed by atoms with Gasteiger partial charge in [0.15, 0.2) is 6.61 Å². The zero-order chi connectivity index (χ0) is 23.3. The lowest BCUT2D eigenvalue weighted by Gasteiger charge is -2.23. The molecule has 0 radical (unpaired) electrons. The number of hydrogen-bond donors (Lipinski definition) is 1. The predicted octanol–water partition coefficient (Wildman–Crippen LogP) is 3.08. The smallest absolute Gasteiger partial charge is 0.341 e. The predicted molar refractivity (Wildman–Crippen MR) is 120 cm³/mol. The highest BCUT2D eigenvalue weighted by Crippen LogP contribution is 2.29. The summed E-state index contributed by atoms with van der Waals surface area (Å²) in [7, 11) is -2.27. The van der Waals surface area contributed by atoms with Crippen molar-refractivity contribution in [2.45, 2.75) is 11.8 Å². The highest BCUT2D eigenvalue weighted by atomic mass is 35.5. The Kier molecular flexibility index (Phi) is 7.16. The lowest BCUT2D eigenvalue weighted by molar-refractivity contribution is -0.119. The summed E-state index contributed by atoms with van der Waals surface area (Å²) in [4.78, 5) is 24.1. The Morgan fingerprint density at radius 2 is 1.91 bits per heavy atom. The van der Waals surface area contributed by atoms with Gasteiger partial charge in [-0.05, 0) is 37.3 Å². The fraction of sp³-hybridized carbons (Fsp3) is 0.190. The van der Waals surface area contributed by atoms with Crippen molar-refractivity contribution >= 4 is 44.9 Å². The third-order valence-corrected chi connectivity index (χ3v) is 6.63. The van der Waals surface area contributed by atoms with E-state index in [1.54, 1.807) is 44.3 Å². The van der Waals surface area contributed by atoms with Gasteiger partial charge < -0.3 is 10.1 Å². The molecule has 0 aliphatic carbocycles. The van der Waals surface area contributed by atoms with Crippen molar-refractivity contribution in [2.24, 2.45) is 7.05 Å². The Balaban J connectivity index is 1.75. The number of hydrogen-bond acceptors (Lipinski definition) is 6. The maximum absolute atomic E-state index is 13.2. The van der Waals surface area contributed by atoms with Crippen molar-refractivity contribution in [1.82, 2.24) is 9.78 Å². The molecule has 1 N–H and O–H groups in total. The van der Waals surface area contributed by atoms with E-state index < -0.39 is 28.5 Å². The lowest BCUT2D eigenvalue weighted by Crippen LogP contribution is -2.30. The van der Waals surface area contributed by atoms with Crippen LogP contribution in [-0.4, -0.2) is 43.2 Å². The quantitative estimate of drug-likeness (QED) is 0.500. The maximum Gasteiger partial charge on any atom is 0.341 e. The number of aromatic nitrogens is 2. The Morgan fingerprint density at radius 3 is 2.53 bits per heavy atom. The molecule has 0 spiro atoms. The standard InChI is InChI=1S/C21H21ClN4O5S/c1-3-26(16-7-5-4-6-8-16)32(29,30)17-9-10-18(22)19(11-17)24-20(27)14-31-21(28)15-12-23-25(2)13-15/h4-13H,3,14H2,1-2H3,(H,24,27). The van der Waals surface area contributed by atoms with E-state index >= 15 is 0 Å². The number of esters is 1. The Bertz CT molecular complexity index is 1230. The molecular formula is C21H21ClN4O5S. The van der Waals surface area contributed by atoms with Crippen LogP contribution < -0.4 is 9.62 Å². The highest BCUT2D eigenvalue weighted by Gasteiger charge is 2.24. The molecule has 0 saturated carbocycles. The molecule has 32 heavy (non-hydrogen) atoms. The van der Waals surface area contributed by atoms with E-state index in [9.17, 15) is 18.0 Å². The Labute approximate surface area is 190 Å². The van der Waals surface area contributed by atoms with E-state index in [1.165, 1.54) is 39.6 Å². The molecule has 9 nitrogen and oxygen atoms in total. The average molecular weight is 477 g/mol. The van der Waals surface area contributed by atoms with Crippen molar-refractivity contribution in [3.05, 3.63) is 71.5 Å². The summed E-state index contributed by atoms with van der Waals surface area (Å²) in [6, 6.07) is 12.7. The zero-order valence-electron chi connectivity index (χ0n) is 17.4. The van der Waals surface area contributed by atoms with Gasteiger partial charge in [-0.3, -0.25) is 13.8 Å². The maximum atomic E-state index is 13.2. The number of sulfonamides is 1. The molecule has 168 valence electrons. The van der Waals surface area contributed by atoms with Gasteiger partial charge in [0, 0.05) is 19.8 Å². The van der Waals surface area contributed by atoms with Gasteiger partial charge in [-0.1, -0.05) is 29.8 Å². The number of benzene rings is 2. The second-order valence-electron chi connectivity index (χ2n) is 6.67. The van der Waals surface area contributed by atoms with Gasteiger partial charge >= 0.3 is 5.97 Å². The molecule has 0 bridgehead atoms. The van der Waals surface area contributed by atoms with Crippen molar-refractivity contribution in [1.29, 1.82) is 0 Å². The molecule has 2 aromatic carbocycles. The van der Waals surface area contributed by atoms with Crippen LogP contribution in [0.15, 0.2) is 65.8 Å². The van der Waals surface area contributed by atoms with E-state index in [0.29, 0.717) is 5.69 Å². The van der Waals surface area contributed by atoms with Crippen LogP contribution in [0.25, 0.3) is 0 Å². The first-order valence-corrected chi connectivity index (χ1v) is 11.4. The van der Waals surface area contributed by atoms with Crippen LogP contribution in [0.4, 0.5) is 11.4 Å². The van der Waals surface area contributed by atoms with E-state index in [4.69, 9.17) is 16.3 Å². The number of nitrogens with one attached hydrogen (secondary N) is 1. The number of nitrogens with zero attached hydrogens (tertiary/aromatic N) is 3. The van der Waals surface area contributed by atoms with Crippen molar-refractivity contribution in [3.63, 3.8) is 0 Å². The molecule has 0 fully saturated rings. The number of anilines is 2.